The number of likely N-dealkylation sites (N-methyl/N-ethyl adjacent to an activating group) is 1. The highest BCUT2D eigenvalue weighted by Gasteiger charge is 2.11. The summed E-state index contributed by atoms with van der Waals surface area (Å²) >= 11 is 0. The molecule has 5 nitrogen and oxygen atoms in total. The number of nitrogens with zero attached hydrogens (tertiary/aromatic N) is 1. The van der Waals surface area contributed by atoms with Crippen LogP contribution < -0.4 is 4.74 Å². The van der Waals surface area contributed by atoms with E-state index in [0.29, 0.717) is 19.7 Å². The third-order valence-corrected chi connectivity index (χ3v) is 3.23. The zero-order valence-electron chi connectivity index (χ0n) is 15.0. The highest BCUT2D eigenvalue weighted by molar-refractivity contribution is 5.92. The Morgan fingerprint density at radius 2 is 2.00 bits per heavy atom. The maximum absolute atomic E-state index is 12.2. The summed E-state index contributed by atoms with van der Waals surface area (Å²) in [4.78, 5) is 25.2. The Balaban J connectivity index is 2.63. The molecule has 24 heavy (non-hydrogen) atoms. The van der Waals surface area contributed by atoms with Gasteiger partial charge in [-0.3, -0.25) is 9.59 Å². The lowest BCUT2D eigenvalue weighted by Crippen LogP contribution is -2.31. The predicted octanol–water partition coefficient (Wildman–Crippen LogP) is 3.29. The van der Waals surface area contributed by atoms with Gasteiger partial charge in [0.15, 0.2) is 0 Å². The number of carbonyl (C=O) groups excluding carboxylic acids is 2. The zero-order valence-corrected chi connectivity index (χ0v) is 15.0. The molecule has 0 saturated carbocycles. The molecule has 0 bridgehead atoms. The van der Waals surface area contributed by atoms with Gasteiger partial charge in [0.2, 0.25) is 5.91 Å². The van der Waals surface area contributed by atoms with Gasteiger partial charge >= 0.3 is 5.97 Å². The molecule has 0 unspecified atom stereocenters. The van der Waals surface area contributed by atoms with Gasteiger partial charge in [-0.05, 0) is 51.5 Å². The number of rotatable bonds is 9. The van der Waals surface area contributed by atoms with E-state index < -0.39 is 0 Å². The third-order valence-electron chi connectivity index (χ3n) is 3.23. The summed E-state index contributed by atoms with van der Waals surface area (Å²) in [7, 11) is 0. The molecule has 5 heteroatoms. The van der Waals surface area contributed by atoms with Crippen LogP contribution in [0.2, 0.25) is 0 Å². The summed E-state index contributed by atoms with van der Waals surface area (Å²) in [6.07, 6.45) is 3.58. The van der Waals surface area contributed by atoms with Crippen molar-refractivity contribution in [2.24, 2.45) is 0 Å². The van der Waals surface area contributed by atoms with Crippen molar-refractivity contribution in [2.45, 2.75) is 40.2 Å². The Kier molecular flexibility index (Phi) is 8.61. The van der Waals surface area contributed by atoms with E-state index >= 15 is 0 Å². The van der Waals surface area contributed by atoms with Gasteiger partial charge in [-0.15, -0.1) is 0 Å². The van der Waals surface area contributed by atoms with Crippen LogP contribution in [0.3, 0.4) is 0 Å². The molecule has 0 atom stereocenters. The second kappa shape index (κ2) is 10.5. The number of ether oxygens (including phenoxy) is 2. The molecule has 0 fully saturated rings. The smallest absolute Gasteiger partial charge is 0.307 e. The minimum atomic E-state index is -0.286. The number of carbonyl (C=O) groups is 2. The van der Waals surface area contributed by atoms with Crippen molar-refractivity contribution in [1.29, 1.82) is 0 Å². The lowest BCUT2D eigenvalue weighted by atomic mass is 10.2. The van der Waals surface area contributed by atoms with Crippen LogP contribution in [-0.2, 0) is 14.3 Å². The molecule has 0 aromatic heterocycles. The zero-order chi connectivity index (χ0) is 17.9. The van der Waals surface area contributed by atoms with Crippen molar-refractivity contribution >= 4 is 18.0 Å². The van der Waals surface area contributed by atoms with Gasteiger partial charge in [-0.25, -0.2) is 0 Å². The fraction of sp³-hybridized carbons (Fsp3) is 0.474. The molecule has 0 saturated heterocycles. The summed E-state index contributed by atoms with van der Waals surface area (Å²) in [6.45, 7) is 8.83. The Morgan fingerprint density at radius 1 is 1.25 bits per heavy atom. The van der Waals surface area contributed by atoms with Gasteiger partial charge in [0.25, 0.3) is 0 Å². The number of hydrogen-bond donors (Lipinski definition) is 0. The van der Waals surface area contributed by atoms with Crippen LogP contribution in [0.5, 0.6) is 5.75 Å². The van der Waals surface area contributed by atoms with Gasteiger partial charge in [-0.1, -0.05) is 12.1 Å². The molecular weight excluding hydrogens is 306 g/mol. The Morgan fingerprint density at radius 3 is 2.62 bits per heavy atom. The minimum absolute atomic E-state index is 0.101. The van der Waals surface area contributed by atoms with Gasteiger partial charge in [-0.2, -0.15) is 0 Å². The standard InChI is InChI=1S/C19H27NO4/c1-5-20(13-12-19(22)23-6-2)18(21)11-10-16-8-7-9-17(14-16)24-15(3)4/h7-11,14-15H,5-6,12-13H2,1-4H3/b11-10+. The topological polar surface area (TPSA) is 55.8 Å². The first-order valence-electron chi connectivity index (χ1n) is 8.35. The highest BCUT2D eigenvalue weighted by Crippen LogP contribution is 2.16. The van der Waals surface area contributed by atoms with Crippen LogP contribution in [0.1, 0.15) is 39.7 Å². The van der Waals surface area contributed by atoms with Crippen molar-refractivity contribution < 1.29 is 19.1 Å². The predicted molar refractivity (Wildman–Crippen MR) is 94.7 cm³/mol. The average Bonchev–Trinajstić information content (AvgIpc) is 2.53. The van der Waals surface area contributed by atoms with E-state index in [2.05, 4.69) is 0 Å². The number of amides is 1. The maximum atomic E-state index is 12.2. The van der Waals surface area contributed by atoms with Crippen molar-refractivity contribution in [1.82, 2.24) is 4.90 Å². The van der Waals surface area contributed by atoms with Crippen LogP contribution in [0, 0.1) is 0 Å². The molecule has 0 aliphatic rings. The van der Waals surface area contributed by atoms with Crippen molar-refractivity contribution in [2.75, 3.05) is 19.7 Å². The Hall–Kier alpha value is -2.30. The molecule has 1 aromatic rings. The first-order chi connectivity index (χ1) is 11.5. The van der Waals surface area contributed by atoms with Crippen molar-refractivity contribution in [3.05, 3.63) is 35.9 Å². The SMILES string of the molecule is CCOC(=O)CCN(CC)C(=O)/C=C/c1cccc(OC(C)C)c1. The van der Waals surface area contributed by atoms with Crippen LogP contribution in [-0.4, -0.2) is 42.6 Å². The van der Waals surface area contributed by atoms with E-state index in [0.717, 1.165) is 11.3 Å². The fourth-order valence-corrected chi connectivity index (χ4v) is 2.12. The van der Waals surface area contributed by atoms with E-state index in [1.54, 1.807) is 17.9 Å². The first kappa shape index (κ1) is 19.7. The summed E-state index contributed by atoms with van der Waals surface area (Å²) in [5, 5.41) is 0. The van der Waals surface area contributed by atoms with Crippen LogP contribution in [0.15, 0.2) is 30.3 Å². The molecule has 0 spiro atoms. The first-order valence-corrected chi connectivity index (χ1v) is 8.35. The number of esters is 1. The van der Waals surface area contributed by atoms with Gasteiger partial charge in [0.05, 0.1) is 19.1 Å². The molecule has 1 rings (SSSR count). The molecule has 0 N–H and O–H groups in total. The quantitative estimate of drug-likeness (QED) is 0.514. The molecule has 0 heterocycles. The van der Waals surface area contributed by atoms with Crippen molar-refractivity contribution in [3.8, 4) is 5.75 Å². The summed E-state index contributed by atoms with van der Waals surface area (Å²) in [5.74, 6) is 0.359. The summed E-state index contributed by atoms with van der Waals surface area (Å²) < 4.78 is 10.5. The number of hydrogen-bond acceptors (Lipinski definition) is 4. The molecule has 132 valence electrons. The fourth-order valence-electron chi connectivity index (χ4n) is 2.12. The number of benzene rings is 1. The van der Waals surface area contributed by atoms with Crippen LogP contribution >= 0.6 is 0 Å². The largest absolute Gasteiger partial charge is 0.491 e. The highest BCUT2D eigenvalue weighted by atomic mass is 16.5. The van der Waals surface area contributed by atoms with E-state index in [1.165, 1.54) is 6.08 Å². The van der Waals surface area contributed by atoms with Gasteiger partial charge in [0.1, 0.15) is 5.75 Å². The van der Waals surface area contributed by atoms with Gasteiger partial charge < -0.3 is 14.4 Å². The normalized spacial score (nSPS) is 10.9. The van der Waals surface area contributed by atoms with E-state index in [-0.39, 0.29) is 24.4 Å². The summed E-state index contributed by atoms with van der Waals surface area (Å²) in [5.41, 5.74) is 0.892. The second-order valence-electron chi connectivity index (χ2n) is 5.55. The monoisotopic (exact) mass is 333 g/mol. The molecule has 1 aromatic carbocycles. The van der Waals surface area contributed by atoms with E-state index in [1.807, 2.05) is 45.0 Å². The Bertz CT molecular complexity index is 566. The Labute approximate surface area is 144 Å². The molecule has 0 radical (unpaired) electrons. The van der Waals surface area contributed by atoms with Crippen LogP contribution in [0.4, 0.5) is 0 Å². The van der Waals surface area contributed by atoms with E-state index in [4.69, 9.17) is 9.47 Å². The average molecular weight is 333 g/mol. The molecule has 0 aliphatic carbocycles. The molecule has 1 amide bonds. The summed E-state index contributed by atoms with van der Waals surface area (Å²) in [6, 6.07) is 7.57. The maximum Gasteiger partial charge on any atom is 0.307 e. The van der Waals surface area contributed by atoms with Crippen molar-refractivity contribution in [3.63, 3.8) is 0 Å². The van der Waals surface area contributed by atoms with Crippen LogP contribution in [0.25, 0.3) is 6.08 Å². The molecule has 0 aliphatic heterocycles. The van der Waals surface area contributed by atoms with E-state index in [9.17, 15) is 9.59 Å². The lowest BCUT2D eigenvalue weighted by molar-refractivity contribution is -0.143. The third kappa shape index (κ3) is 7.31. The lowest BCUT2D eigenvalue weighted by Gasteiger charge is -2.18. The molecular formula is C19H27NO4. The second-order valence-corrected chi connectivity index (χ2v) is 5.55. The minimum Gasteiger partial charge on any atom is -0.491 e. The van der Waals surface area contributed by atoms with Gasteiger partial charge in [0, 0.05) is 19.2 Å².